The van der Waals surface area contributed by atoms with Gasteiger partial charge in [-0.1, -0.05) is 41.6 Å². The molecule has 5 rings (SSSR count). The van der Waals surface area contributed by atoms with Gasteiger partial charge >= 0.3 is 0 Å². The minimum absolute atomic E-state index is 0.0901. The van der Waals surface area contributed by atoms with E-state index in [1.54, 1.807) is 0 Å². The zero-order valence-corrected chi connectivity index (χ0v) is 16.1. The van der Waals surface area contributed by atoms with Crippen LogP contribution in [0.1, 0.15) is 22.7 Å². The van der Waals surface area contributed by atoms with Crippen LogP contribution in [0.25, 0.3) is 11.3 Å². The van der Waals surface area contributed by atoms with E-state index in [9.17, 15) is 13.6 Å². The van der Waals surface area contributed by atoms with Crippen LogP contribution in [0, 0.1) is 11.6 Å². The maximum absolute atomic E-state index is 14.0. The van der Waals surface area contributed by atoms with E-state index in [-0.39, 0.29) is 23.8 Å². The summed E-state index contributed by atoms with van der Waals surface area (Å²) in [5, 5.41) is 6.76. The van der Waals surface area contributed by atoms with Gasteiger partial charge in [-0.25, -0.2) is 8.78 Å². The van der Waals surface area contributed by atoms with Crippen LogP contribution in [-0.4, -0.2) is 11.1 Å². The van der Waals surface area contributed by atoms with Gasteiger partial charge in [0.1, 0.15) is 28.8 Å². The second-order valence-corrected chi connectivity index (χ2v) is 7.14. The summed E-state index contributed by atoms with van der Waals surface area (Å²) < 4.78 is 38.2. The lowest BCUT2D eigenvalue weighted by atomic mass is 9.87. The van der Waals surface area contributed by atoms with Gasteiger partial charge in [-0.3, -0.25) is 4.79 Å². The van der Waals surface area contributed by atoms with Gasteiger partial charge in [-0.15, -0.1) is 0 Å². The molecule has 5 nitrogen and oxygen atoms in total. The summed E-state index contributed by atoms with van der Waals surface area (Å²) in [5.41, 5.74) is 2.06. The molecule has 1 aromatic heterocycles. The van der Waals surface area contributed by atoms with Crippen LogP contribution in [0.3, 0.4) is 0 Å². The first-order chi connectivity index (χ1) is 15.1. The number of carbonyl (C=O) groups excluding carboxylic acids is 1. The Morgan fingerprint density at radius 3 is 2.29 bits per heavy atom. The molecule has 0 saturated heterocycles. The molecule has 0 atom stereocenters. The third-order valence-electron chi connectivity index (χ3n) is 5.14. The summed E-state index contributed by atoms with van der Waals surface area (Å²) in [7, 11) is 0. The molecule has 1 N–H and O–H groups in total. The zero-order chi connectivity index (χ0) is 21.4. The van der Waals surface area contributed by atoms with Gasteiger partial charge in [0, 0.05) is 23.3 Å². The Labute approximate surface area is 176 Å². The molecular formula is C24H16F2N2O3. The Bertz CT molecular complexity index is 1240. The average Bonchev–Trinajstić information content (AvgIpc) is 3.24. The van der Waals surface area contributed by atoms with Crippen molar-refractivity contribution in [1.82, 2.24) is 10.5 Å². The summed E-state index contributed by atoms with van der Waals surface area (Å²) in [6.45, 7) is 0.0901. The number of halogens is 2. The van der Waals surface area contributed by atoms with Crippen molar-refractivity contribution in [3.8, 4) is 22.8 Å². The normalized spacial score (nSPS) is 12.6. The lowest BCUT2D eigenvalue weighted by Gasteiger charge is -2.27. The van der Waals surface area contributed by atoms with Crippen molar-refractivity contribution in [2.45, 2.75) is 12.5 Å². The van der Waals surface area contributed by atoms with Gasteiger partial charge in [0.25, 0.3) is 0 Å². The molecule has 3 aromatic carbocycles. The quantitative estimate of drug-likeness (QED) is 0.496. The zero-order valence-electron chi connectivity index (χ0n) is 16.1. The van der Waals surface area contributed by atoms with Crippen molar-refractivity contribution in [2.24, 2.45) is 0 Å². The summed E-state index contributed by atoms with van der Waals surface area (Å²) in [6, 6.07) is 19.5. The fourth-order valence-electron chi connectivity index (χ4n) is 3.68. The Hall–Kier alpha value is -4.00. The van der Waals surface area contributed by atoms with Crippen molar-refractivity contribution < 1.29 is 22.8 Å². The number of carbonyl (C=O) groups is 1. The number of aromatic nitrogens is 1. The van der Waals surface area contributed by atoms with Crippen LogP contribution in [0.5, 0.6) is 11.5 Å². The number of nitrogens with zero attached hydrogens (tertiary/aromatic N) is 1. The van der Waals surface area contributed by atoms with E-state index in [1.807, 2.05) is 48.5 Å². The average molecular weight is 418 g/mol. The largest absolute Gasteiger partial charge is 0.457 e. The molecule has 0 spiro atoms. The number of nitrogens with one attached hydrogen (secondary N) is 1. The van der Waals surface area contributed by atoms with Gasteiger partial charge in [0.2, 0.25) is 5.91 Å². The molecule has 1 aliphatic rings. The number of benzene rings is 3. The van der Waals surface area contributed by atoms with Crippen molar-refractivity contribution in [3.05, 3.63) is 101 Å². The third-order valence-corrected chi connectivity index (χ3v) is 5.14. The molecule has 7 heteroatoms. The Balaban J connectivity index is 1.37. The molecule has 31 heavy (non-hydrogen) atoms. The van der Waals surface area contributed by atoms with E-state index in [0.717, 1.165) is 23.3 Å². The lowest BCUT2D eigenvalue weighted by Crippen LogP contribution is -2.31. The second kappa shape index (κ2) is 7.68. The van der Waals surface area contributed by atoms with Crippen LogP contribution >= 0.6 is 0 Å². The highest BCUT2D eigenvalue weighted by Gasteiger charge is 2.32. The SMILES string of the molecule is O=C(NCc1cc(-c2ccc(F)cc2F)on1)C1c2ccccc2Oc2ccccc21. The minimum Gasteiger partial charge on any atom is -0.457 e. The number of rotatable bonds is 4. The van der Waals surface area contributed by atoms with Crippen molar-refractivity contribution in [1.29, 1.82) is 0 Å². The molecule has 0 saturated carbocycles. The number of ether oxygens (including phenoxy) is 1. The monoisotopic (exact) mass is 418 g/mol. The Morgan fingerprint density at radius 2 is 1.61 bits per heavy atom. The first-order valence-corrected chi connectivity index (χ1v) is 9.64. The van der Waals surface area contributed by atoms with Crippen molar-refractivity contribution in [3.63, 3.8) is 0 Å². The fraction of sp³-hybridized carbons (Fsp3) is 0.0833. The van der Waals surface area contributed by atoms with Crippen LogP contribution < -0.4 is 10.1 Å². The van der Waals surface area contributed by atoms with E-state index in [4.69, 9.17) is 9.26 Å². The highest BCUT2D eigenvalue weighted by Crippen LogP contribution is 2.43. The molecule has 0 radical (unpaired) electrons. The number of fused-ring (bicyclic) bond motifs is 2. The molecular weight excluding hydrogens is 402 g/mol. The van der Waals surface area contributed by atoms with Crippen LogP contribution in [0.2, 0.25) is 0 Å². The Morgan fingerprint density at radius 1 is 0.935 bits per heavy atom. The fourth-order valence-corrected chi connectivity index (χ4v) is 3.68. The van der Waals surface area contributed by atoms with Gasteiger partial charge in [0.05, 0.1) is 18.0 Å². The molecule has 0 bridgehead atoms. The highest BCUT2D eigenvalue weighted by atomic mass is 19.1. The van der Waals surface area contributed by atoms with E-state index in [2.05, 4.69) is 10.5 Å². The van der Waals surface area contributed by atoms with Crippen LogP contribution in [0.4, 0.5) is 8.78 Å². The van der Waals surface area contributed by atoms with Crippen LogP contribution in [0.15, 0.2) is 77.3 Å². The summed E-state index contributed by atoms with van der Waals surface area (Å²) in [4.78, 5) is 13.1. The number of para-hydroxylation sites is 2. The maximum atomic E-state index is 14.0. The molecule has 0 fully saturated rings. The number of hydrogen-bond donors (Lipinski definition) is 1. The third kappa shape index (κ3) is 3.54. The molecule has 0 unspecified atom stereocenters. The highest BCUT2D eigenvalue weighted by molar-refractivity contribution is 5.89. The van der Waals surface area contributed by atoms with E-state index in [1.165, 1.54) is 12.1 Å². The Kier molecular flexibility index (Phi) is 4.71. The maximum Gasteiger partial charge on any atom is 0.232 e. The molecule has 1 amide bonds. The van der Waals surface area contributed by atoms with E-state index >= 15 is 0 Å². The number of hydrogen-bond acceptors (Lipinski definition) is 4. The predicted molar refractivity (Wildman–Crippen MR) is 109 cm³/mol. The molecule has 2 heterocycles. The van der Waals surface area contributed by atoms with Gasteiger partial charge in [-0.05, 0) is 24.3 Å². The van der Waals surface area contributed by atoms with Crippen molar-refractivity contribution >= 4 is 5.91 Å². The summed E-state index contributed by atoms with van der Waals surface area (Å²) in [5.74, 6) is -0.757. The molecule has 0 aliphatic carbocycles. The standard InChI is InChI=1S/C24H16F2N2O3/c25-14-9-10-16(19(26)11-14)22-12-15(28-31-22)13-27-24(29)23-17-5-1-3-7-20(17)30-21-8-4-2-6-18(21)23/h1-12,23H,13H2,(H,27,29). The molecule has 154 valence electrons. The van der Waals surface area contributed by atoms with E-state index < -0.39 is 17.6 Å². The first kappa shape index (κ1) is 19.0. The number of amides is 1. The molecule has 1 aliphatic heterocycles. The predicted octanol–water partition coefficient (Wildman–Crippen LogP) is 5.17. The second-order valence-electron chi connectivity index (χ2n) is 7.14. The topological polar surface area (TPSA) is 64.4 Å². The summed E-state index contributed by atoms with van der Waals surface area (Å²) >= 11 is 0. The van der Waals surface area contributed by atoms with Crippen LogP contribution in [-0.2, 0) is 11.3 Å². The molecule has 4 aromatic rings. The van der Waals surface area contributed by atoms with Crippen molar-refractivity contribution in [2.75, 3.05) is 0 Å². The summed E-state index contributed by atoms with van der Waals surface area (Å²) in [6.07, 6.45) is 0. The smallest absolute Gasteiger partial charge is 0.232 e. The van der Waals surface area contributed by atoms with Gasteiger partial charge in [0.15, 0.2) is 5.76 Å². The van der Waals surface area contributed by atoms with E-state index in [0.29, 0.717) is 17.2 Å². The van der Waals surface area contributed by atoms with Gasteiger partial charge in [-0.2, -0.15) is 0 Å². The lowest BCUT2D eigenvalue weighted by molar-refractivity contribution is -0.122. The first-order valence-electron chi connectivity index (χ1n) is 9.64. The minimum atomic E-state index is -0.748. The van der Waals surface area contributed by atoms with Gasteiger partial charge < -0.3 is 14.6 Å².